The van der Waals surface area contributed by atoms with Crippen LogP contribution in [-0.2, 0) is 11.3 Å². The minimum Gasteiger partial charge on any atom is -0.382 e. The van der Waals surface area contributed by atoms with E-state index in [2.05, 4.69) is 15.4 Å². The van der Waals surface area contributed by atoms with Gasteiger partial charge >= 0.3 is 6.18 Å². The number of carbonyl (C=O) groups is 2. The van der Waals surface area contributed by atoms with E-state index in [9.17, 15) is 35.9 Å². The number of rotatable bonds is 6. The lowest BCUT2D eigenvalue weighted by Crippen LogP contribution is -2.55. The second-order valence-corrected chi connectivity index (χ2v) is 10.4. The summed E-state index contributed by atoms with van der Waals surface area (Å²) in [5.74, 6) is -6.00. The molecule has 2 aliphatic rings. The molecule has 9 nitrogen and oxygen atoms in total. The Labute approximate surface area is 232 Å². The molecule has 0 saturated carbocycles. The number of halogens is 8. The van der Waals surface area contributed by atoms with Crippen LogP contribution in [0, 0.1) is 5.82 Å². The van der Waals surface area contributed by atoms with Crippen molar-refractivity contribution in [2.24, 2.45) is 0 Å². The van der Waals surface area contributed by atoms with Gasteiger partial charge in [0.1, 0.15) is 30.3 Å². The van der Waals surface area contributed by atoms with E-state index in [1.165, 1.54) is 15.5 Å². The van der Waals surface area contributed by atoms with Gasteiger partial charge in [-0.05, 0) is 23.8 Å². The van der Waals surface area contributed by atoms with Crippen LogP contribution in [0.25, 0.3) is 16.8 Å². The standard InChI is InChI=1S/C24H21ClF7N7O2/c25-14-3-15(26)13(2-12(14)22(41)36-17-7-38(6-16(17)27)19(40)4-24(30,31)32)18-1-11(5-37-8-23(28,29)9-37)20-21(33)34-10-35-39(18)20/h1-3,10,16-17H,4-9H2,(H,36,41)(H2,33,34,35)/t16-,17+/m0/s1. The average Bonchev–Trinajstić information content (AvgIpc) is 3.38. The SMILES string of the molecule is Nc1ncnn2c(-c3cc(C(=O)N[C@@H]4CN(C(=O)CC(F)(F)F)C[C@@H]4F)c(Cl)cc3F)cc(CN3CC(F)(F)C3)c12. The Kier molecular flexibility index (Phi) is 7.26. The third kappa shape index (κ3) is 5.88. The largest absolute Gasteiger partial charge is 0.397 e. The maximum absolute atomic E-state index is 15.2. The summed E-state index contributed by atoms with van der Waals surface area (Å²) >= 11 is 6.11. The highest BCUT2D eigenvalue weighted by Gasteiger charge is 2.44. The zero-order valence-electron chi connectivity index (χ0n) is 20.9. The number of likely N-dealkylation sites (tertiary alicyclic amines) is 2. The first-order valence-electron chi connectivity index (χ1n) is 12.1. The van der Waals surface area contributed by atoms with Crippen LogP contribution in [0.5, 0.6) is 0 Å². The number of carbonyl (C=O) groups excluding carboxylic acids is 2. The summed E-state index contributed by atoms with van der Waals surface area (Å²) in [7, 11) is 0. The zero-order valence-corrected chi connectivity index (χ0v) is 21.6. The number of nitrogens with one attached hydrogen (secondary N) is 1. The summed E-state index contributed by atoms with van der Waals surface area (Å²) in [5.41, 5.74) is 6.28. The number of nitrogens with two attached hydrogens (primary N) is 1. The van der Waals surface area contributed by atoms with Crippen molar-refractivity contribution < 1.29 is 40.3 Å². The first kappa shape index (κ1) is 28.9. The lowest BCUT2D eigenvalue weighted by Gasteiger charge is -2.38. The number of hydrogen-bond donors (Lipinski definition) is 2. The minimum absolute atomic E-state index is 0.000664. The van der Waals surface area contributed by atoms with Crippen molar-refractivity contribution in [2.45, 2.75) is 37.3 Å². The number of anilines is 1. The Balaban J connectivity index is 1.42. The van der Waals surface area contributed by atoms with Crippen molar-refractivity contribution in [3.05, 3.63) is 46.5 Å². The molecule has 2 saturated heterocycles. The van der Waals surface area contributed by atoms with E-state index in [0.29, 0.717) is 10.5 Å². The van der Waals surface area contributed by atoms with E-state index >= 15 is 4.39 Å². The van der Waals surface area contributed by atoms with Gasteiger partial charge in [0, 0.05) is 18.7 Å². The van der Waals surface area contributed by atoms with E-state index in [0.717, 1.165) is 18.5 Å². The van der Waals surface area contributed by atoms with Crippen LogP contribution in [0.15, 0.2) is 24.5 Å². The molecule has 0 spiro atoms. The predicted octanol–water partition coefficient (Wildman–Crippen LogP) is 3.45. The second-order valence-electron chi connectivity index (χ2n) is 9.96. The minimum atomic E-state index is -4.78. The van der Waals surface area contributed by atoms with Gasteiger partial charge in [0.05, 0.1) is 42.0 Å². The fourth-order valence-electron chi connectivity index (χ4n) is 4.97. The quantitative estimate of drug-likeness (QED) is 0.416. The molecule has 1 aromatic carbocycles. The fraction of sp³-hybridized carbons (Fsp3) is 0.417. The van der Waals surface area contributed by atoms with Crippen LogP contribution in [0.1, 0.15) is 22.3 Å². The lowest BCUT2D eigenvalue weighted by molar-refractivity contribution is -0.160. The molecule has 3 N–H and O–H groups in total. The summed E-state index contributed by atoms with van der Waals surface area (Å²) in [5, 5.41) is 6.05. The molecule has 0 bridgehead atoms. The normalized spacial score (nSPS) is 20.8. The third-order valence-corrected chi connectivity index (χ3v) is 7.12. The number of amides is 2. The molecule has 0 aliphatic carbocycles. The molecule has 220 valence electrons. The molecular formula is C24H21ClF7N7O2. The number of aromatic nitrogens is 3. The Bertz CT molecular complexity index is 1520. The highest BCUT2D eigenvalue weighted by Crippen LogP contribution is 2.35. The predicted molar refractivity (Wildman–Crippen MR) is 131 cm³/mol. The maximum atomic E-state index is 15.2. The number of fused-ring (bicyclic) bond motifs is 1. The fourth-order valence-corrected chi connectivity index (χ4v) is 5.21. The van der Waals surface area contributed by atoms with Gasteiger partial charge in [-0.1, -0.05) is 11.6 Å². The lowest BCUT2D eigenvalue weighted by atomic mass is 10.0. The number of nitrogen functional groups attached to an aromatic ring is 1. The van der Waals surface area contributed by atoms with Gasteiger partial charge in [0.25, 0.3) is 11.8 Å². The van der Waals surface area contributed by atoms with E-state index < -0.39 is 74.5 Å². The summed E-state index contributed by atoms with van der Waals surface area (Å²) in [6.45, 7) is -2.09. The highest BCUT2D eigenvalue weighted by molar-refractivity contribution is 6.34. The van der Waals surface area contributed by atoms with Crippen molar-refractivity contribution in [1.29, 1.82) is 0 Å². The summed E-state index contributed by atoms with van der Waals surface area (Å²) in [4.78, 5) is 30.9. The van der Waals surface area contributed by atoms with Gasteiger partial charge in [-0.3, -0.25) is 14.5 Å². The molecule has 41 heavy (non-hydrogen) atoms. The topological polar surface area (TPSA) is 109 Å². The smallest absolute Gasteiger partial charge is 0.382 e. The molecule has 2 fully saturated rings. The molecule has 2 amide bonds. The molecule has 2 aliphatic heterocycles. The van der Waals surface area contributed by atoms with E-state index in [4.69, 9.17) is 17.3 Å². The Morgan fingerprint density at radius 2 is 1.88 bits per heavy atom. The van der Waals surface area contributed by atoms with Gasteiger partial charge in [-0.25, -0.2) is 27.1 Å². The number of alkyl halides is 6. The molecule has 0 unspecified atom stereocenters. The summed E-state index contributed by atoms with van der Waals surface area (Å²) in [6.07, 6.45) is -7.31. The van der Waals surface area contributed by atoms with Crippen LogP contribution in [0.3, 0.4) is 0 Å². The van der Waals surface area contributed by atoms with Crippen LogP contribution in [-0.4, -0.2) is 86.7 Å². The van der Waals surface area contributed by atoms with Gasteiger partial charge in [0.15, 0.2) is 5.82 Å². The van der Waals surface area contributed by atoms with Crippen LogP contribution < -0.4 is 11.1 Å². The third-order valence-electron chi connectivity index (χ3n) is 6.81. The Morgan fingerprint density at radius 1 is 1.17 bits per heavy atom. The number of benzene rings is 1. The van der Waals surface area contributed by atoms with Crippen LogP contribution in [0.4, 0.5) is 36.6 Å². The van der Waals surface area contributed by atoms with E-state index in [1.807, 2.05) is 0 Å². The molecule has 17 heteroatoms. The van der Waals surface area contributed by atoms with Crippen molar-refractivity contribution in [2.75, 3.05) is 31.9 Å². The van der Waals surface area contributed by atoms with Crippen molar-refractivity contribution >= 4 is 34.7 Å². The Hall–Kier alpha value is -3.66. The number of hydrogen-bond acceptors (Lipinski definition) is 6. The first-order valence-corrected chi connectivity index (χ1v) is 12.5. The average molecular weight is 608 g/mol. The highest BCUT2D eigenvalue weighted by atomic mass is 35.5. The van der Waals surface area contributed by atoms with Crippen LogP contribution in [0.2, 0.25) is 5.02 Å². The van der Waals surface area contributed by atoms with Crippen molar-refractivity contribution in [3.8, 4) is 11.3 Å². The molecule has 3 aromatic rings. The molecule has 4 heterocycles. The first-order chi connectivity index (χ1) is 19.1. The molecular weight excluding hydrogens is 587 g/mol. The maximum Gasteiger partial charge on any atom is 0.397 e. The second kappa shape index (κ2) is 10.3. The molecule has 2 aromatic heterocycles. The van der Waals surface area contributed by atoms with Gasteiger partial charge < -0.3 is 16.0 Å². The van der Waals surface area contributed by atoms with E-state index in [1.54, 1.807) is 0 Å². The molecule has 0 radical (unpaired) electrons. The monoisotopic (exact) mass is 607 g/mol. The zero-order chi connectivity index (χ0) is 29.9. The summed E-state index contributed by atoms with van der Waals surface area (Å²) in [6, 6.07) is 2.03. The van der Waals surface area contributed by atoms with E-state index in [-0.39, 0.29) is 39.7 Å². The summed E-state index contributed by atoms with van der Waals surface area (Å²) < 4.78 is 95.4. The number of nitrogens with zero attached hydrogens (tertiary/aromatic N) is 5. The van der Waals surface area contributed by atoms with Gasteiger partial charge in [0.2, 0.25) is 5.91 Å². The molecule has 2 atom stereocenters. The molecule has 5 rings (SSSR count). The van der Waals surface area contributed by atoms with Crippen molar-refractivity contribution in [3.63, 3.8) is 0 Å². The van der Waals surface area contributed by atoms with Crippen LogP contribution >= 0.6 is 11.6 Å². The Morgan fingerprint density at radius 3 is 2.54 bits per heavy atom. The van der Waals surface area contributed by atoms with Gasteiger partial charge in [-0.2, -0.15) is 18.3 Å². The van der Waals surface area contributed by atoms with Gasteiger partial charge in [-0.15, -0.1) is 0 Å². The van der Waals surface area contributed by atoms with Crippen molar-refractivity contribution in [1.82, 2.24) is 29.7 Å².